The first kappa shape index (κ1) is 11.9. The smallest absolute Gasteiger partial charge is 0.205 e. The summed E-state index contributed by atoms with van der Waals surface area (Å²) < 4.78 is 4.34. The number of rotatable bonds is 3. The van der Waals surface area contributed by atoms with Gasteiger partial charge in [0.05, 0.1) is 0 Å². The summed E-state index contributed by atoms with van der Waals surface area (Å²) in [4.78, 5) is 13.6. The Balaban J connectivity index is 1.63. The third-order valence-electron chi connectivity index (χ3n) is 3.01. The van der Waals surface area contributed by atoms with Gasteiger partial charge in [0.1, 0.15) is 5.82 Å². The van der Waals surface area contributed by atoms with Crippen LogP contribution in [0.3, 0.4) is 0 Å². The lowest BCUT2D eigenvalue weighted by atomic mass is 10.3. The number of hydrogen-bond donors (Lipinski definition) is 0. The first-order valence-corrected chi connectivity index (χ1v) is 7.74. The lowest BCUT2D eigenvalue weighted by Crippen LogP contribution is -2.46. The van der Waals surface area contributed by atoms with E-state index in [4.69, 9.17) is 0 Å². The molecule has 1 aliphatic heterocycles. The van der Waals surface area contributed by atoms with Crippen LogP contribution in [0, 0.1) is 0 Å². The third-order valence-corrected chi connectivity index (χ3v) is 4.66. The normalized spacial score (nSPS) is 16.3. The molecule has 0 bridgehead atoms. The van der Waals surface area contributed by atoms with Crippen LogP contribution < -0.4 is 9.80 Å². The van der Waals surface area contributed by atoms with E-state index in [2.05, 4.69) is 31.1 Å². The molecule has 2 aromatic rings. The number of thiazole rings is 1. The first-order valence-electron chi connectivity index (χ1n) is 6.09. The van der Waals surface area contributed by atoms with Crippen LogP contribution in [0.4, 0.5) is 10.3 Å². The SMILES string of the molecule is CCc1nsc(N2CCN(c3nccs3)CC2)n1. The molecule has 0 aliphatic carbocycles. The van der Waals surface area contributed by atoms with E-state index in [9.17, 15) is 0 Å². The predicted molar refractivity (Wildman–Crippen MR) is 75.8 cm³/mol. The lowest BCUT2D eigenvalue weighted by Gasteiger charge is -2.34. The molecule has 3 rings (SSSR count). The fraction of sp³-hybridized carbons (Fsp3) is 0.545. The molecule has 96 valence electrons. The molecule has 0 N–H and O–H groups in total. The maximum absolute atomic E-state index is 4.54. The van der Waals surface area contributed by atoms with Gasteiger partial charge < -0.3 is 9.80 Å². The van der Waals surface area contributed by atoms with Crippen molar-refractivity contribution in [2.75, 3.05) is 36.0 Å². The van der Waals surface area contributed by atoms with Crippen molar-refractivity contribution < 1.29 is 0 Å². The predicted octanol–water partition coefficient (Wildman–Crippen LogP) is 1.88. The second-order valence-electron chi connectivity index (χ2n) is 4.14. The molecule has 0 spiro atoms. The Labute approximate surface area is 114 Å². The summed E-state index contributed by atoms with van der Waals surface area (Å²) in [5.74, 6) is 0.956. The van der Waals surface area contributed by atoms with Crippen LogP contribution in [0.5, 0.6) is 0 Å². The third kappa shape index (κ3) is 2.32. The van der Waals surface area contributed by atoms with Crippen LogP contribution in [0.2, 0.25) is 0 Å². The van der Waals surface area contributed by atoms with Gasteiger partial charge in [-0.3, -0.25) is 0 Å². The molecule has 0 saturated carbocycles. The van der Waals surface area contributed by atoms with Crippen LogP contribution in [-0.2, 0) is 6.42 Å². The molecule has 0 aromatic carbocycles. The molecule has 1 fully saturated rings. The van der Waals surface area contributed by atoms with E-state index in [0.717, 1.165) is 48.7 Å². The molecule has 5 nitrogen and oxygen atoms in total. The molecule has 7 heteroatoms. The average molecular weight is 281 g/mol. The standard InChI is InChI=1S/C11H15N5S2/c1-2-9-13-11(18-14-9)16-6-4-15(5-7-16)10-12-3-8-17-10/h3,8H,2,4-7H2,1H3. The molecule has 0 atom stereocenters. The van der Waals surface area contributed by atoms with Crippen LogP contribution in [0.1, 0.15) is 12.7 Å². The van der Waals surface area contributed by atoms with Gasteiger partial charge in [-0.25, -0.2) is 9.97 Å². The second kappa shape index (κ2) is 5.19. The van der Waals surface area contributed by atoms with Crippen LogP contribution in [0.25, 0.3) is 0 Å². The highest BCUT2D eigenvalue weighted by Gasteiger charge is 2.21. The van der Waals surface area contributed by atoms with Gasteiger partial charge in [-0.15, -0.1) is 11.3 Å². The molecular weight excluding hydrogens is 266 g/mol. The van der Waals surface area contributed by atoms with Gasteiger partial charge in [-0.2, -0.15) is 4.37 Å². The van der Waals surface area contributed by atoms with Crippen LogP contribution >= 0.6 is 22.9 Å². The Kier molecular flexibility index (Phi) is 3.42. The minimum atomic E-state index is 0.912. The molecule has 0 amide bonds. The molecule has 0 unspecified atom stereocenters. The Hall–Kier alpha value is -1.21. The number of anilines is 2. The minimum Gasteiger partial charge on any atom is -0.345 e. The van der Waals surface area contributed by atoms with Crippen molar-refractivity contribution in [3.8, 4) is 0 Å². The summed E-state index contributed by atoms with van der Waals surface area (Å²) in [6, 6.07) is 0. The summed E-state index contributed by atoms with van der Waals surface area (Å²) in [6.07, 6.45) is 2.78. The molecular formula is C11H15N5S2. The Bertz CT molecular complexity index is 487. The topological polar surface area (TPSA) is 45.2 Å². The highest BCUT2D eigenvalue weighted by atomic mass is 32.1. The van der Waals surface area contributed by atoms with E-state index in [-0.39, 0.29) is 0 Å². The van der Waals surface area contributed by atoms with E-state index in [1.807, 2.05) is 11.6 Å². The maximum atomic E-state index is 4.54. The van der Waals surface area contributed by atoms with Crippen LogP contribution in [-0.4, -0.2) is 40.5 Å². The number of aromatic nitrogens is 3. The number of hydrogen-bond acceptors (Lipinski definition) is 7. The Morgan fingerprint density at radius 3 is 2.44 bits per heavy atom. The first-order chi connectivity index (χ1) is 8.86. The summed E-state index contributed by atoms with van der Waals surface area (Å²) in [5.41, 5.74) is 0. The molecule has 1 aliphatic rings. The zero-order chi connectivity index (χ0) is 12.4. The number of nitrogens with zero attached hydrogens (tertiary/aromatic N) is 5. The summed E-state index contributed by atoms with van der Waals surface area (Å²) >= 11 is 3.22. The summed E-state index contributed by atoms with van der Waals surface area (Å²) in [5, 5.41) is 4.21. The van der Waals surface area contributed by atoms with Gasteiger partial charge >= 0.3 is 0 Å². The summed E-state index contributed by atoms with van der Waals surface area (Å²) in [7, 11) is 0. The maximum Gasteiger partial charge on any atom is 0.205 e. The van der Waals surface area contributed by atoms with E-state index in [1.165, 1.54) is 11.5 Å². The van der Waals surface area contributed by atoms with Crippen molar-refractivity contribution in [2.24, 2.45) is 0 Å². The van der Waals surface area contributed by atoms with Crippen molar-refractivity contribution in [3.05, 3.63) is 17.4 Å². The van der Waals surface area contributed by atoms with Gasteiger partial charge in [0, 0.05) is 55.7 Å². The van der Waals surface area contributed by atoms with Crippen LogP contribution in [0.15, 0.2) is 11.6 Å². The largest absolute Gasteiger partial charge is 0.345 e. The second-order valence-corrected chi connectivity index (χ2v) is 5.74. The molecule has 18 heavy (non-hydrogen) atoms. The number of aryl methyl sites for hydroxylation is 1. The van der Waals surface area contributed by atoms with Gasteiger partial charge in [-0.05, 0) is 0 Å². The molecule has 2 aromatic heterocycles. The Morgan fingerprint density at radius 2 is 1.89 bits per heavy atom. The van der Waals surface area contributed by atoms with Crippen molar-refractivity contribution in [1.29, 1.82) is 0 Å². The van der Waals surface area contributed by atoms with Gasteiger partial charge in [0.15, 0.2) is 5.13 Å². The molecule has 0 radical (unpaired) electrons. The summed E-state index contributed by atoms with van der Waals surface area (Å²) in [6.45, 7) is 6.10. The monoisotopic (exact) mass is 281 g/mol. The van der Waals surface area contributed by atoms with Crippen molar-refractivity contribution in [3.63, 3.8) is 0 Å². The number of piperazine rings is 1. The quantitative estimate of drug-likeness (QED) is 0.859. The fourth-order valence-electron chi connectivity index (χ4n) is 1.98. The zero-order valence-electron chi connectivity index (χ0n) is 10.2. The Morgan fingerprint density at radius 1 is 1.17 bits per heavy atom. The van der Waals surface area contributed by atoms with Gasteiger partial charge in [0.2, 0.25) is 5.13 Å². The van der Waals surface area contributed by atoms with E-state index >= 15 is 0 Å². The van der Waals surface area contributed by atoms with Crippen molar-refractivity contribution in [1.82, 2.24) is 14.3 Å². The minimum absolute atomic E-state index is 0.912. The lowest BCUT2D eigenvalue weighted by molar-refractivity contribution is 0.650. The van der Waals surface area contributed by atoms with Crippen molar-refractivity contribution in [2.45, 2.75) is 13.3 Å². The highest BCUT2D eigenvalue weighted by molar-refractivity contribution is 7.13. The zero-order valence-corrected chi connectivity index (χ0v) is 11.9. The van der Waals surface area contributed by atoms with E-state index < -0.39 is 0 Å². The average Bonchev–Trinajstić information content (AvgIpc) is 3.10. The van der Waals surface area contributed by atoms with Gasteiger partial charge in [-0.1, -0.05) is 6.92 Å². The molecule has 3 heterocycles. The van der Waals surface area contributed by atoms with Gasteiger partial charge in [0.25, 0.3) is 0 Å². The fourth-order valence-corrected chi connectivity index (χ4v) is 3.48. The highest BCUT2D eigenvalue weighted by Crippen LogP contribution is 2.23. The molecule has 1 saturated heterocycles. The van der Waals surface area contributed by atoms with E-state index in [0.29, 0.717) is 0 Å². The van der Waals surface area contributed by atoms with E-state index in [1.54, 1.807) is 11.3 Å². The van der Waals surface area contributed by atoms with Crippen molar-refractivity contribution >= 4 is 33.1 Å².